The zero-order valence-electron chi connectivity index (χ0n) is 9.16. The molecular weight excluding hydrogens is 202 g/mol. The third-order valence-electron chi connectivity index (χ3n) is 2.94. The van der Waals surface area contributed by atoms with Crippen LogP contribution < -0.4 is 4.74 Å². The Morgan fingerprint density at radius 2 is 2.25 bits per heavy atom. The summed E-state index contributed by atoms with van der Waals surface area (Å²) in [5.41, 5.74) is 4.76. The Balaban J connectivity index is 1.96. The third kappa shape index (κ3) is 2.26. The number of carbonyl (C=O) groups excluding carboxylic acids is 1. The summed E-state index contributed by atoms with van der Waals surface area (Å²) in [5, 5.41) is 0. The number of carbonyl (C=O) groups is 1. The summed E-state index contributed by atoms with van der Waals surface area (Å²) in [6, 6.07) is 1.79. The van der Waals surface area contributed by atoms with Crippen LogP contribution in [0.2, 0.25) is 0 Å². The summed E-state index contributed by atoms with van der Waals surface area (Å²) in [7, 11) is 0. The normalized spacial score (nSPS) is 20.2. The van der Waals surface area contributed by atoms with E-state index in [1.54, 1.807) is 12.3 Å². The van der Waals surface area contributed by atoms with Gasteiger partial charge in [-0.1, -0.05) is 6.58 Å². The Hall–Kier alpha value is -1.73. The molecule has 1 saturated carbocycles. The van der Waals surface area contributed by atoms with Crippen LogP contribution in [0.25, 0.3) is 0 Å². The average molecular weight is 217 g/mol. The molecule has 3 nitrogen and oxygen atoms in total. The molecule has 84 valence electrons. The van der Waals surface area contributed by atoms with Crippen molar-refractivity contribution in [1.29, 1.82) is 0 Å². The molecule has 1 aromatic rings. The van der Waals surface area contributed by atoms with E-state index in [0.717, 1.165) is 32.0 Å². The first-order valence-electron chi connectivity index (χ1n) is 5.50. The fraction of sp³-hybridized carbons (Fsp3) is 0.385. The molecule has 2 rings (SSSR count). The highest BCUT2D eigenvalue weighted by Crippen LogP contribution is 2.27. The van der Waals surface area contributed by atoms with Gasteiger partial charge in [0.25, 0.3) is 0 Å². The van der Waals surface area contributed by atoms with Crippen LogP contribution in [0.3, 0.4) is 0 Å². The second kappa shape index (κ2) is 4.86. The maximum Gasteiger partial charge on any atom is 0.170 e. The molecule has 0 aliphatic heterocycles. The Morgan fingerprint density at radius 1 is 1.50 bits per heavy atom. The predicted molar refractivity (Wildman–Crippen MR) is 61.7 cm³/mol. The number of nitrogens with one attached hydrogen (secondary N) is 1. The van der Waals surface area contributed by atoms with Crippen LogP contribution in [0, 0.1) is 0 Å². The highest BCUT2D eigenvalue weighted by Gasteiger charge is 2.19. The van der Waals surface area contributed by atoms with Gasteiger partial charge in [0.2, 0.25) is 0 Å². The maximum atomic E-state index is 10.7. The van der Waals surface area contributed by atoms with E-state index in [-0.39, 0.29) is 6.10 Å². The average Bonchev–Trinajstić information content (AvgIpc) is 2.77. The summed E-state index contributed by atoms with van der Waals surface area (Å²) < 4.78 is 5.79. The van der Waals surface area contributed by atoms with E-state index in [4.69, 9.17) is 4.74 Å². The molecule has 1 heterocycles. The van der Waals surface area contributed by atoms with Gasteiger partial charge in [0.15, 0.2) is 6.29 Å². The van der Waals surface area contributed by atoms with E-state index < -0.39 is 0 Å². The van der Waals surface area contributed by atoms with Gasteiger partial charge in [-0.15, -0.1) is 5.73 Å². The molecule has 1 N–H and O–H groups in total. The molecule has 0 radical (unpaired) electrons. The van der Waals surface area contributed by atoms with E-state index >= 15 is 0 Å². The van der Waals surface area contributed by atoms with Gasteiger partial charge in [-0.3, -0.25) is 4.79 Å². The number of allylic oxidation sites excluding steroid dienone is 1. The smallest absolute Gasteiger partial charge is 0.170 e. The highest BCUT2D eigenvalue weighted by molar-refractivity contribution is 5.76. The van der Waals surface area contributed by atoms with Crippen LogP contribution in [-0.2, 0) is 0 Å². The van der Waals surface area contributed by atoms with Crippen molar-refractivity contribution in [3.63, 3.8) is 0 Å². The van der Waals surface area contributed by atoms with Crippen LogP contribution in [0.15, 0.2) is 30.1 Å². The summed E-state index contributed by atoms with van der Waals surface area (Å²) in [5.74, 6) is 0.658. The molecular formula is C13H15NO2. The largest absolute Gasteiger partial charge is 0.488 e. The Morgan fingerprint density at radius 3 is 2.88 bits per heavy atom. The number of aromatic amines is 1. The van der Waals surface area contributed by atoms with Crippen molar-refractivity contribution in [2.75, 3.05) is 0 Å². The van der Waals surface area contributed by atoms with E-state index in [1.165, 1.54) is 5.57 Å². The SMILES string of the molecule is C=C=C1CCC(Oc2cc[nH]c2C=O)CC1. The van der Waals surface area contributed by atoms with Gasteiger partial charge in [0, 0.05) is 6.20 Å². The first kappa shape index (κ1) is 10.8. The zero-order chi connectivity index (χ0) is 11.4. The molecule has 0 aromatic carbocycles. The predicted octanol–water partition coefficient (Wildman–Crippen LogP) is 2.86. The summed E-state index contributed by atoms with van der Waals surface area (Å²) >= 11 is 0. The van der Waals surface area contributed by atoms with E-state index in [9.17, 15) is 4.79 Å². The second-order valence-electron chi connectivity index (χ2n) is 3.97. The van der Waals surface area contributed by atoms with Crippen molar-refractivity contribution in [2.24, 2.45) is 0 Å². The lowest BCUT2D eigenvalue weighted by Gasteiger charge is -2.23. The molecule has 3 heteroatoms. The van der Waals surface area contributed by atoms with E-state index in [0.29, 0.717) is 11.4 Å². The molecule has 0 bridgehead atoms. The highest BCUT2D eigenvalue weighted by atomic mass is 16.5. The van der Waals surface area contributed by atoms with Crippen LogP contribution in [0.1, 0.15) is 36.2 Å². The summed E-state index contributed by atoms with van der Waals surface area (Å²) in [4.78, 5) is 13.5. The Bertz CT molecular complexity index is 417. The zero-order valence-corrected chi connectivity index (χ0v) is 9.16. The molecule has 0 unspecified atom stereocenters. The van der Waals surface area contributed by atoms with Gasteiger partial charge < -0.3 is 9.72 Å². The van der Waals surface area contributed by atoms with Crippen LogP contribution in [0.5, 0.6) is 5.75 Å². The first-order chi connectivity index (χ1) is 7.83. The molecule has 1 aromatic heterocycles. The van der Waals surface area contributed by atoms with Crippen molar-refractivity contribution in [3.8, 4) is 5.75 Å². The van der Waals surface area contributed by atoms with Crippen LogP contribution in [-0.4, -0.2) is 17.4 Å². The third-order valence-corrected chi connectivity index (χ3v) is 2.94. The number of hydrogen-bond donors (Lipinski definition) is 1. The topological polar surface area (TPSA) is 42.1 Å². The van der Waals surface area contributed by atoms with Crippen molar-refractivity contribution < 1.29 is 9.53 Å². The molecule has 1 aliphatic rings. The lowest BCUT2D eigenvalue weighted by molar-refractivity contribution is 0.110. The van der Waals surface area contributed by atoms with Crippen molar-refractivity contribution in [2.45, 2.75) is 31.8 Å². The van der Waals surface area contributed by atoms with Gasteiger partial charge in [0.05, 0.1) is 6.10 Å². The number of aromatic nitrogens is 1. The molecule has 1 aliphatic carbocycles. The molecule has 0 amide bonds. The van der Waals surface area contributed by atoms with Gasteiger partial charge in [-0.25, -0.2) is 0 Å². The minimum atomic E-state index is 0.201. The van der Waals surface area contributed by atoms with Gasteiger partial charge in [-0.2, -0.15) is 0 Å². The molecule has 0 spiro atoms. The summed E-state index contributed by atoms with van der Waals surface area (Å²) in [6.45, 7) is 3.66. The first-order valence-corrected chi connectivity index (χ1v) is 5.50. The van der Waals surface area contributed by atoms with E-state index in [1.807, 2.05) is 0 Å². The second-order valence-corrected chi connectivity index (χ2v) is 3.97. The van der Waals surface area contributed by atoms with Crippen molar-refractivity contribution in [3.05, 3.63) is 35.8 Å². The van der Waals surface area contributed by atoms with Crippen molar-refractivity contribution >= 4 is 6.29 Å². The number of ether oxygens (including phenoxy) is 1. The number of aldehydes is 1. The Kier molecular flexibility index (Phi) is 3.28. The number of rotatable bonds is 3. The van der Waals surface area contributed by atoms with Gasteiger partial charge in [0.1, 0.15) is 11.4 Å². The Labute approximate surface area is 94.8 Å². The number of H-pyrrole nitrogens is 1. The molecule has 0 atom stereocenters. The number of hydrogen-bond acceptors (Lipinski definition) is 2. The van der Waals surface area contributed by atoms with Gasteiger partial charge >= 0.3 is 0 Å². The van der Waals surface area contributed by atoms with E-state index in [2.05, 4.69) is 17.3 Å². The van der Waals surface area contributed by atoms with Crippen LogP contribution in [0.4, 0.5) is 0 Å². The van der Waals surface area contributed by atoms with Crippen LogP contribution >= 0.6 is 0 Å². The molecule has 16 heavy (non-hydrogen) atoms. The quantitative estimate of drug-likeness (QED) is 0.624. The fourth-order valence-electron chi connectivity index (χ4n) is 1.98. The minimum Gasteiger partial charge on any atom is -0.488 e. The fourth-order valence-corrected chi connectivity index (χ4v) is 1.98. The van der Waals surface area contributed by atoms with Crippen molar-refractivity contribution in [1.82, 2.24) is 4.98 Å². The molecule has 1 fully saturated rings. The molecule has 0 saturated heterocycles. The summed E-state index contributed by atoms with van der Waals surface area (Å²) in [6.07, 6.45) is 6.64. The lowest BCUT2D eigenvalue weighted by atomic mass is 9.93. The monoisotopic (exact) mass is 217 g/mol. The van der Waals surface area contributed by atoms with Gasteiger partial charge in [-0.05, 0) is 37.3 Å². The maximum absolute atomic E-state index is 10.7. The lowest BCUT2D eigenvalue weighted by Crippen LogP contribution is -2.20. The standard InChI is InChI=1S/C13H15NO2/c1-2-10-3-5-11(6-4-10)16-13-7-8-14-12(13)9-15/h7-9,11,14H,1,3-6H2. The minimum absolute atomic E-state index is 0.201.